The van der Waals surface area contributed by atoms with Crippen LogP contribution in [0.4, 0.5) is 0 Å². The minimum Gasteiger partial charge on any atom is -0.390 e. The van der Waals surface area contributed by atoms with E-state index in [1.54, 1.807) is 11.3 Å². The molecule has 0 amide bonds. The monoisotopic (exact) mass is 307 g/mol. The van der Waals surface area contributed by atoms with Crippen molar-refractivity contribution in [2.45, 2.75) is 57.8 Å². The first kappa shape index (κ1) is 14.6. The van der Waals surface area contributed by atoms with Gasteiger partial charge in [0, 0.05) is 23.7 Å². The lowest BCUT2D eigenvalue weighted by Gasteiger charge is -2.31. The summed E-state index contributed by atoms with van der Waals surface area (Å²) < 4.78 is 1.91. The number of aliphatic hydroxyl groups is 1. The number of aromatic nitrogens is 4. The maximum Gasteiger partial charge on any atom is 0.108 e. The molecule has 114 valence electrons. The molecule has 2 aromatic heterocycles. The third-order valence-electron chi connectivity index (χ3n) is 3.97. The number of aliphatic hydroxyl groups excluding tert-OH is 1. The molecule has 1 saturated carbocycles. The van der Waals surface area contributed by atoms with Crippen molar-refractivity contribution < 1.29 is 5.11 Å². The van der Waals surface area contributed by atoms with Crippen LogP contribution in [0.3, 0.4) is 0 Å². The summed E-state index contributed by atoms with van der Waals surface area (Å²) in [6.07, 6.45) is 6.56. The molecule has 2 atom stereocenters. The lowest BCUT2D eigenvalue weighted by molar-refractivity contribution is 0.242. The van der Waals surface area contributed by atoms with Gasteiger partial charge < -0.3 is 10.4 Å². The zero-order valence-corrected chi connectivity index (χ0v) is 13.0. The van der Waals surface area contributed by atoms with Crippen molar-refractivity contribution in [3.05, 3.63) is 28.0 Å². The molecule has 2 heterocycles. The summed E-state index contributed by atoms with van der Waals surface area (Å²) in [5, 5.41) is 24.1. The largest absolute Gasteiger partial charge is 0.390 e. The quantitative estimate of drug-likeness (QED) is 0.881. The van der Waals surface area contributed by atoms with Crippen LogP contribution in [-0.4, -0.2) is 31.1 Å². The molecule has 6 nitrogen and oxygen atoms in total. The highest BCUT2D eigenvalue weighted by Gasteiger charge is 2.27. The van der Waals surface area contributed by atoms with Crippen LogP contribution < -0.4 is 5.32 Å². The van der Waals surface area contributed by atoms with Crippen LogP contribution >= 0.6 is 11.3 Å². The Kier molecular flexibility index (Phi) is 4.62. The number of hydrogen-bond acceptors (Lipinski definition) is 6. The lowest BCUT2D eigenvalue weighted by Crippen LogP contribution is -2.39. The van der Waals surface area contributed by atoms with E-state index in [0.29, 0.717) is 17.8 Å². The molecule has 7 heteroatoms. The van der Waals surface area contributed by atoms with Crippen molar-refractivity contribution in [1.29, 1.82) is 0 Å². The zero-order chi connectivity index (χ0) is 14.7. The molecule has 0 spiro atoms. The van der Waals surface area contributed by atoms with Crippen LogP contribution in [0.25, 0.3) is 0 Å². The minimum atomic E-state index is -0.0524. The van der Waals surface area contributed by atoms with Gasteiger partial charge in [-0.3, -0.25) is 0 Å². The van der Waals surface area contributed by atoms with E-state index in [1.807, 2.05) is 17.8 Å². The maximum absolute atomic E-state index is 9.13. The van der Waals surface area contributed by atoms with E-state index in [2.05, 4.69) is 26.0 Å². The first-order chi connectivity index (χ1) is 10.3. The Hall–Kier alpha value is -1.31. The fourth-order valence-corrected chi connectivity index (χ4v) is 3.64. The van der Waals surface area contributed by atoms with Gasteiger partial charge >= 0.3 is 0 Å². The fraction of sp³-hybridized carbons (Fsp3) is 0.643. The Morgan fingerprint density at radius 3 is 3.00 bits per heavy atom. The van der Waals surface area contributed by atoms with Gasteiger partial charge in [-0.1, -0.05) is 18.1 Å². The summed E-state index contributed by atoms with van der Waals surface area (Å²) >= 11 is 1.70. The third-order valence-corrected chi connectivity index (χ3v) is 4.94. The van der Waals surface area contributed by atoms with Gasteiger partial charge in [0.15, 0.2) is 0 Å². The number of nitrogens with one attached hydrogen (secondary N) is 1. The number of thiazole rings is 1. The lowest BCUT2D eigenvalue weighted by atomic mass is 9.90. The molecule has 2 aromatic rings. The Balaban J connectivity index is 1.66. The average molecular weight is 307 g/mol. The van der Waals surface area contributed by atoms with Crippen molar-refractivity contribution in [3.63, 3.8) is 0 Å². The summed E-state index contributed by atoms with van der Waals surface area (Å²) in [6, 6.07) is 0.698. The number of hydrogen-bond donors (Lipinski definition) is 2. The molecule has 0 aliphatic heterocycles. The van der Waals surface area contributed by atoms with E-state index in [1.165, 1.54) is 12.8 Å². The smallest absolute Gasteiger partial charge is 0.108 e. The van der Waals surface area contributed by atoms with Gasteiger partial charge in [0.2, 0.25) is 0 Å². The van der Waals surface area contributed by atoms with Crippen molar-refractivity contribution in [1.82, 2.24) is 25.3 Å². The summed E-state index contributed by atoms with van der Waals surface area (Å²) in [5.74, 6) is 0. The summed E-state index contributed by atoms with van der Waals surface area (Å²) in [6.45, 7) is 2.78. The number of nitrogens with zero attached hydrogens (tertiary/aromatic N) is 4. The number of rotatable bonds is 5. The molecule has 0 unspecified atom stereocenters. The minimum absolute atomic E-state index is 0.0524. The van der Waals surface area contributed by atoms with Crippen LogP contribution in [0.5, 0.6) is 0 Å². The topological polar surface area (TPSA) is 75.9 Å². The average Bonchev–Trinajstić information content (AvgIpc) is 3.14. The van der Waals surface area contributed by atoms with E-state index in [-0.39, 0.29) is 6.61 Å². The third kappa shape index (κ3) is 3.48. The Bertz CT molecular complexity index is 581. The van der Waals surface area contributed by atoms with Gasteiger partial charge in [0.05, 0.1) is 18.8 Å². The van der Waals surface area contributed by atoms with E-state index in [4.69, 9.17) is 5.11 Å². The van der Waals surface area contributed by atoms with Crippen LogP contribution in [0.15, 0.2) is 11.6 Å². The van der Waals surface area contributed by atoms with Gasteiger partial charge in [-0.15, -0.1) is 16.4 Å². The van der Waals surface area contributed by atoms with E-state index in [0.717, 1.165) is 30.1 Å². The summed E-state index contributed by atoms with van der Waals surface area (Å²) in [4.78, 5) is 4.50. The first-order valence-electron chi connectivity index (χ1n) is 7.42. The normalized spacial score (nSPS) is 22.6. The summed E-state index contributed by atoms with van der Waals surface area (Å²) in [5.41, 5.74) is 1.72. The van der Waals surface area contributed by atoms with Gasteiger partial charge in [-0.05, 0) is 19.8 Å². The van der Waals surface area contributed by atoms with Crippen LogP contribution in [0.1, 0.15) is 48.1 Å². The van der Waals surface area contributed by atoms with E-state index in [9.17, 15) is 0 Å². The molecule has 3 rings (SSSR count). The van der Waals surface area contributed by atoms with Gasteiger partial charge in [0.25, 0.3) is 0 Å². The predicted molar refractivity (Wildman–Crippen MR) is 80.9 cm³/mol. The molecule has 0 aromatic carbocycles. The molecule has 2 N–H and O–H groups in total. The second-order valence-corrected chi connectivity index (χ2v) is 6.51. The van der Waals surface area contributed by atoms with Crippen LogP contribution in [0.2, 0.25) is 0 Å². The Labute approximate surface area is 128 Å². The van der Waals surface area contributed by atoms with E-state index < -0.39 is 0 Å². The van der Waals surface area contributed by atoms with Crippen molar-refractivity contribution >= 4 is 11.3 Å². The second kappa shape index (κ2) is 6.64. The Morgan fingerprint density at radius 2 is 2.29 bits per heavy atom. The van der Waals surface area contributed by atoms with Gasteiger partial charge in [-0.2, -0.15) is 0 Å². The Morgan fingerprint density at radius 1 is 1.43 bits per heavy atom. The maximum atomic E-state index is 9.13. The SMILES string of the molecule is Cc1csc(CN[C@H]2CCCC[C@H]2n2cc(CO)nn2)n1. The van der Waals surface area contributed by atoms with Crippen molar-refractivity contribution in [2.75, 3.05) is 0 Å². The zero-order valence-electron chi connectivity index (χ0n) is 12.2. The predicted octanol–water partition coefficient (Wildman–Crippen LogP) is 1.81. The molecule has 1 aliphatic carbocycles. The second-order valence-electron chi connectivity index (χ2n) is 5.57. The standard InChI is InChI=1S/C14H21N5OS/c1-10-9-21-14(16-10)6-15-12-4-2-3-5-13(12)19-7-11(8-20)17-18-19/h7,9,12-13,15,20H,2-6,8H2,1H3/t12-,13+/m0/s1. The van der Waals surface area contributed by atoms with Crippen LogP contribution in [-0.2, 0) is 13.2 Å². The van der Waals surface area contributed by atoms with Crippen molar-refractivity contribution in [2.24, 2.45) is 0 Å². The molecular formula is C14H21N5OS. The van der Waals surface area contributed by atoms with Crippen LogP contribution in [0, 0.1) is 6.92 Å². The fourth-order valence-electron chi connectivity index (χ4n) is 2.92. The molecule has 21 heavy (non-hydrogen) atoms. The molecule has 0 radical (unpaired) electrons. The first-order valence-corrected chi connectivity index (χ1v) is 8.30. The van der Waals surface area contributed by atoms with Crippen molar-refractivity contribution in [3.8, 4) is 0 Å². The highest BCUT2D eigenvalue weighted by atomic mass is 32.1. The highest BCUT2D eigenvalue weighted by Crippen LogP contribution is 2.28. The molecule has 0 saturated heterocycles. The summed E-state index contributed by atoms with van der Waals surface area (Å²) in [7, 11) is 0. The number of aryl methyl sites for hydroxylation is 1. The van der Waals surface area contributed by atoms with Gasteiger partial charge in [-0.25, -0.2) is 9.67 Å². The molecule has 1 aliphatic rings. The van der Waals surface area contributed by atoms with E-state index >= 15 is 0 Å². The molecular weight excluding hydrogens is 286 g/mol. The molecule has 1 fully saturated rings. The molecule has 0 bridgehead atoms. The highest BCUT2D eigenvalue weighted by molar-refractivity contribution is 7.09. The van der Waals surface area contributed by atoms with Gasteiger partial charge in [0.1, 0.15) is 10.7 Å².